The first-order valence-electron chi connectivity index (χ1n) is 9.58. The van der Waals surface area contributed by atoms with Gasteiger partial charge in [0.15, 0.2) is 0 Å². The number of amides is 1. The largest absolute Gasteiger partial charge is 0.459 e. The van der Waals surface area contributed by atoms with Crippen LogP contribution in [-0.2, 0) is 27.3 Å². The molecule has 0 fully saturated rings. The Morgan fingerprint density at radius 1 is 1.07 bits per heavy atom. The first-order valence-corrected chi connectivity index (χ1v) is 9.58. The summed E-state index contributed by atoms with van der Waals surface area (Å²) >= 11 is 0. The molecule has 0 radical (unpaired) electrons. The van der Waals surface area contributed by atoms with Crippen molar-refractivity contribution >= 4 is 17.7 Å². The minimum atomic E-state index is -1.01. The number of hydrogen-bond acceptors (Lipinski definition) is 6. The van der Waals surface area contributed by atoms with Gasteiger partial charge in [0.2, 0.25) is 0 Å². The van der Waals surface area contributed by atoms with E-state index in [0.717, 1.165) is 5.56 Å². The van der Waals surface area contributed by atoms with Crippen LogP contribution in [0.25, 0.3) is 0 Å². The summed E-state index contributed by atoms with van der Waals surface area (Å²) in [7, 11) is 0. The van der Waals surface area contributed by atoms with Crippen LogP contribution in [0.4, 0.5) is 10.5 Å². The summed E-state index contributed by atoms with van der Waals surface area (Å²) in [6.45, 7) is 5.19. The van der Waals surface area contributed by atoms with E-state index < -0.39 is 28.6 Å². The van der Waals surface area contributed by atoms with Gasteiger partial charge in [-0.1, -0.05) is 48.5 Å². The van der Waals surface area contributed by atoms with Crippen molar-refractivity contribution < 1.29 is 24.0 Å². The molecule has 0 spiro atoms. The number of ether oxygens (including phenoxy) is 2. The lowest BCUT2D eigenvalue weighted by atomic mass is 10.0. The molecule has 0 bridgehead atoms. The predicted molar refractivity (Wildman–Crippen MR) is 111 cm³/mol. The molecule has 2 aromatic carbocycles. The molecule has 8 heteroatoms. The zero-order chi connectivity index (χ0) is 22.1. The van der Waals surface area contributed by atoms with Gasteiger partial charge in [0, 0.05) is 11.6 Å². The third-order valence-electron chi connectivity index (χ3n) is 4.09. The van der Waals surface area contributed by atoms with E-state index >= 15 is 0 Å². The van der Waals surface area contributed by atoms with Gasteiger partial charge in [-0.05, 0) is 39.2 Å². The summed E-state index contributed by atoms with van der Waals surface area (Å²) in [6.07, 6.45) is -0.429. The van der Waals surface area contributed by atoms with E-state index in [4.69, 9.17) is 9.47 Å². The van der Waals surface area contributed by atoms with Gasteiger partial charge < -0.3 is 14.8 Å². The minimum absolute atomic E-state index is 0.0360. The second-order valence-electron chi connectivity index (χ2n) is 7.72. The van der Waals surface area contributed by atoms with E-state index in [-0.39, 0.29) is 25.1 Å². The van der Waals surface area contributed by atoms with Crippen molar-refractivity contribution in [3.05, 3.63) is 75.8 Å². The third-order valence-corrected chi connectivity index (χ3v) is 4.09. The Bertz CT molecular complexity index is 877. The predicted octanol–water partition coefficient (Wildman–Crippen LogP) is 4.16. The van der Waals surface area contributed by atoms with Crippen LogP contribution in [-0.4, -0.2) is 28.6 Å². The maximum Gasteiger partial charge on any atom is 0.408 e. The Balaban J connectivity index is 2.09. The van der Waals surface area contributed by atoms with Crippen molar-refractivity contribution in [2.45, 2.75) is 51.9 Å². The number of esters is 1. The zero-order valence-electron chi connectivity index (χ0n) is 17.3. The molecule has 0 saturated carbocycles. The number of nitrogens with one attached hydrogen (secondary N) is 1. The van der Waals surface area contributed by atoms with E-state index in [1.165, 1.54) is 6.07 Å². The van der Waals surface area contributed by atoms with Crippen molar-refractivity contribution in [3.63, 3.8) is 0 Å². The monoisotopic (exact) mass is 414 g/mol. The average molecular weight is 414 g/mol. The zero-order valence-corrected chi connectivity index (χ0v) is 17.3. The highest BCUT2D eigenvalue weighted by molar-refractivity contribution is 5.81. The number of carbonyl (C=O) groups is 2. The van der Waals surface area contributed by atoms with Crippen LogP contribution in [0.5, 0.6) is 0 Å². The third kappa shape index (κ3) is 7.54. The summed E-state index contributed by atoms with van der Waals surface area (Å²) in [5.74, 6) is -0.636. The van der Waals surface area contributed by atoms with E-state index in [0.29, 0.717) is 5.56 Å². The molecule has 8 nitrogen and oxygen atoms in total. The molecule has 2 rings (SSSR count). The van der Waals surface area contributed by atoms with E-state index in [2.05, 4.69) is 5.32 Å². The van der Waals surface area contributed by atoms with Gasteiger partial charge in [0.25, 0.3) is 5.69 Å². The van der Waals surface area contributed by atoms with Gasteiger partial charge in [0.05, 0.1) is 4.92 Å². The lowest BCUT2D eigenvalue weighted by Gasteiger charge is -2.23. The molecular weight excluding hydrogens is 388 g/mol. The van der Waals surface area contributed by atoms with Crippen LogP contribution in [0.2, 0.25) is 0 Å². The maximum atomic E-state index is 12.6. The molecule has 0 aromatic heterocycles. The van der Waals surface area contributed by atoms with Crippen LogP contribution < -0.4 is 5.32 Å². The Labute approximate surface area is 175 Å². The van der Waals surface area contributed by atoms with E-state index in [1.54, 1.807) is 39.0 Å². The number of nitro benzene ring substituents is 1. The lowest BCUT2D eigenvalue weighted by molar-refractivity contribution is -0.385. The summed E-state index contributed by atoms with van der Waals surface area (Å²) in [5.41, 5.74) is 0.502. The summed E-state index contributed by atoms with van der Waals surface area (Å²) in [5, 5.41) is 13.7. The molecule has 1 amide bonds. The summed E-state index contributed by atoms with van der Waals surface area (Å²) < 4.78 is 10.6. The highest BCUT2D eigenvalue weighted by Crippen LogP contribution is 2.20. The molecule has 0 aliphatic heterocycles. The van der Waals surface area contributed by atoms with E-state index in [9.17, 15) is 19.7 Å². The Morgan fingerprint density at radius 3 is 2.33 bits per heavy atom. The molecule has 1 atom stereocenters. The van der Waals surface area contributed by atoms with E-state index in [1.807, 2.05) is 30.3 Å². The highest BCUT2D eigenvalue weighted by atomic mass is 16.6. The smallest absolute Gasteiger partial charge is 0.408 e. The van der Waals surface area contributed by atoms with Crippen molar-refractivity contribution in [2.75, 3.05) is 0 Å². The molecular formula is C22H26N2O6. The van der Waals surface area contributed by atoms with Crippen molar-refractivity contribution in [1.82, 2.24) is 5.32 Å². The molecule has 0 heterocycles. The van der Waals surface area contributed by atoms with Crippen LogP contribution in [0.15, 0.2) is 54.6 Å². The summed E-state index contributed by atoms with van der Waals surface area (Å²) in [6, 6.07) is 14.4. The first-order chi connectivity index (χ1) is 14.2. The number of alkyl carbamates (subject to hydrolysis) is 1. The number of nitro groups is 1. The van der Waals surface area contributed by atoms with Crippen LogP contribution in [0.1, 0.15) is 38.3 Å². The topological polar surface area (TPSA) is 108 Å². The molecule has 160 valence electrons. The fraction of sp³-hybridized carbons (Fsp3) is 0.364. The van der Waals surface area contributed by atoms with Gasteiger partial charge in [-0.15, -0.1) is 0 Å². The quantitative estimate of drug-likeness (QED) is 0.395. The fourth-order valence-electron chi connectivity index (χ4n) is 2.73. The van der Waals surface area contributed by atoms with Gasteiger partial charge in [-0.25, -0.2) is 9.59 Å². The normalized spacial score (nSPS) is 12.0. The number of rotatable bonds is 8. The minimum Gasteiger partial charge on any atom is -0.459 e. The molecule has 0 aliphatic carbocycles. The lowest BCUT2D eigenvalue weighted by Crippen LogP contribution is -2.44. The fourth-order valence-corrected chi connectivity index (χ4v) is 2.73. The number of benzene rings is 2. The highest BCUT2D eigenvalue weighted by Gasteiger charge is 2.26. The Morgan fingerprint density at radius 2 is 1.70 bits per heavy atom. The number of para-hydroxylation sites is 1. The molecule has 1 N–H and O–H groups in total. The van der Waals surface area contributed by atoms with Crippen molar-refractivity contribution in [1.29, 1.82) is 0 Å². The molecule has 2 aromatic rings. The number of carbonyl (C=O) groups excluding carboxylic acids is 2. The van der Waals surface area contributed by atoms with Gasteiger partial charge in [-0.3, -0.25) is 10.1 Å². The van der Waals surface area contributed by atoms with Crippen molar-refractivity contribution in [3.8, 4) is 0 Å². The van der Waals surface area contributed by atoms with Crippen LogP contribution in [0, 0.1) is 10.1 Å². The van der Waals surface area contributed by atoms with Gasteiger partial charge in [0.1, 0.15) is 18.2 Å². The van der Waals surface area contributed by atoms with Crippen LogP contribution in [0.3, 0.4) is 0 Å². The molecule has 0 aliphatic rings. The second kappa shape index (κ2) is 10.4. The first kappa shape index (κ1) is 22.9. The van der Waals surface area contributed by atoms with Crippen LogP contribution >= 0.6 is 0 Å². The van der Waals surface area contributed by atoms with Gasteiger partial charge >= 0.3 is 12.1 Å². The average Bonchev–Trinajstić information content (AvgIpc) is 2.68. The maximum absolute atomic E-state index is 12.6. The Hall–Kier alpha value is -3.42. The standard InChI is InChI=1S/C22H26N2O6/c1-22(2,3)30-21(26)23-18(20(25)29-15-16-9-5-4-6-10-16)14-13-17-11-7-8-12-19(17)24(27)28/h4-12,18H,13-15H2,1-3H3,(H,23,26)/t18-/m0/s1. The number of aryl methyl sites for hydroxylation is 1. The second-order valence-corrected chi connectivity index (χ2v) is 7.72. The van der Waals surface area contributed by atoms with Crippen molar-refractivity contribution in [2.24, 2.45) is 0 Å². The number of nitrogens with zero attached hydrogens (tertiary/aromatic N) is 1. The molecule has 0 unspecified atom stereocenters. The van der Waals surface area contributed by atoms with Gasteiger partial charge in [-0.2, -0.15) is 0 Å². The molecule has 30 heavy (non-hydrogen) atoms. The Kier molecular flexibility index (Phi) is 7.91. The SMILES string of the molecule is CC(C)(C)OC(=O)N[C@@H](CCc1ccccc1[N+](=O)[O-])C(=O)OCc1ccccc1. The molecule has 0 saturated heterocycles. The summed E-state index contributed by atoms with van der Waals surface area (Å²) in [4.78, 5) is 35.6. The number of hydrogen-bond donors (Lipinski definition) is 1.